The Labute approximate surface area is 316 Å². The zero-order valence-electron chi connectivity index (χ0n) is 29.9. The minimum absolute atomic E-state index is 0.496. The fourth-order valence-corrected chi connectivity index (χ4v) is 9.68. The van der Waals surface area contributed by atoms with E-state index in [1.165, 1.54) is 30.9 Å². The van der Waals surface area contributed by atoms with E-state index >= 15 is 0 Å². The molecule has 7 aromatic rings. The number of hydrogen-bond acceptors (Lipinski definition) is 6. The van der Waals surface area contributed by atoms with Crippen molar-refractivity contribution in [2.24, 2.45) is 0 Å². The van der Waals surface area contributed by atoms with E-state index in [4.69, 9.17) is 4.98 Å². The molecule has 2 bridgehead atoms. The Balaban J connectivity index is 1.26. The van der Waals surface area contributed by atoms with Crippen LogP contribution in [0.3, 0.4) is 0 Å². The molecule has 4 aromatic carbocycles. The molecular formula is C46H44N4S2. The van der Waals surface area contributed by atoms with Crippen LogP contribution in [0.1, 0.15) is 37.8 Å². The first-order chi connectivity index (χ1) is 25.6. The van der Waals surface area contributed by atoms with Gasteiger partial charge in [0.15, 0.2) is 0 Å². The summed E-state index contributed by atoms with van der Waals surface area (Å²) in [5.41, 5.74) is 9.46. The molecule has 0 saturated carbocycles. The number of aromatic nitrogens is 1. The van der Waals surface area contributed by atoms with Gasteiger partial charge >= 0.3 is 0 Å². The van der Waals surface area contributed by atoms with Crippen LogP contribution < -0.4 is 9.80 Å². The molecule has 0 unspecified atom stereocenters. The van der Waals surface area contributed by atoms with E-state index in [-0.39, 0.29) is 0 Å². The summed E-state index contributed by atoms with van der Waals surface area (Å²) >= 11 is 3.71. The third-order valence-corrected chi connectivity index (χ3v) is 12.2. The van der Waals surface area contributed by atoms with Crippen LogP contribution in [0.5, 0.6) is 0 Å². The summed E-state index contributed by atoms with van der Waals surface area (Å²) in [6.07, 6.45) is 4.23. The number of hydrogen-bond donors (Lipinski definition) is 0. The van der Waals surface area contributed by atoms with Gasteiger partial charge in [0.1, 0.15) is 10.0 Å². The molecule has 52 heavy (non-hydrogen) atoms. The molecule has 6 heteroatoms. The summed E-state index contributed by atoms with van der Waals surface area (Å²) in [6, 6.07) is 54.9. The number of rotatable bonds is 7. The first-order valence-corrected chi connectivity index (χ1v) is 20.0. The highest BCUT2D eigenvalue weighted by atomic mass is 32.1. The number of aryl methyl sites for hydroxylation is 2. The minimum Gasteiger partial charge on any atom is -0.302 e. The van der Waals surface area contributed by atoms with Crippen molar-refractivity contribution in [3.05, 3.63) is 163 Å². The van der Waals surface area contributed by atoms with Gasteiger partial charge in [-0.05, 0) is 137 Å². The summed E-state index contributed by atoms with van der Waals surface area (Å²) < 4.78 is 0. The second-order valence-corrected chi connectivity index (χ2v) is 15.7. The molecule has 0 saturated heterocycles. The van der Waals surface area contributed by atoms with E-state index in [0.29, 0.717) is 6.04 Å². The Morgan fingerprint density at radius 3 is 1.21 bits per heavy atom. The van der Waals surface area contributed by atoms with Gasteiger partial charge in [-0.15, -0.1) is 22.7 Å². The largest absolute Gasteiger partial charge is 0.302 e. The van der Waals surface area contributed by atoms with Crippen LogP contribution in [-0.4, -0.2) is 29.0 Å². The molecule has 0 radical (unpaired) electrons. The fraction of sp³-hybridized carbons (Fsp3) is 0.196. The second kappa shape index (κ2) is 15.7. The van der Waals surface area contributed by atoms with Crippen LogP contribution in [0, 0.1) is 0 Å². The smallest absolute Gasteiger partial charge is 0.101 e. The van der Waals surface area contributed by atoms with E-state index in [2.05, 4.69) is 180 Å². The van der Waals surface area contributed by atoms with Crippen molar-refractivity contribution in [3.63, 3.8) is 0 Å². The molecule has 260 valence electrons. The number of anilines is 6. The van der Waals surface area contributed by atoms with Gasteiger partial charge < -0.3 is 14.7 Å². The van der Waals surface area contributed by atoms with E-state index in [0.717, 1.165) is 72.9 Å². The molecule has 0 amide bonds. The van der Waals surface area contributed by atoms with Crippen molar-refractivity contribution in [2.45, 2.75) is 45.6 Å². The van der Waals surface area contributed by atoms with E-state index in [1.807, 2.05) is 22.7 Å². The van der Waals surface area contributed by atoms with Gasteiger partial charge in [0.25, 0.3) is 0 Å². The Kier molecular flexibility index (Phi) is 10.3. The van der Waals surface area contributed by atoms with Gasteiger partial charge in [0, 0.05) is 28.8 Å². The van der Waals surface area contributed by atoms with Crippen molar-refractivity contribution in [1.82, 2.24) is 9.88 Å². The van der Waals surface area contributed by atoms with Crippen LogP contribution >= 0.6 is 22.7 Å². The SMILES string of the molecule is CC(C)N1CCCc2cc(N(c3ccccc3)c3ccccc3)sc2-c2cccc(n2)-c2sc(N(c3ccccc3)c3ccccc3)cc2CCC1. The third kappa shape index (κ3) is 7.33. The van der Waals surface area contributed by atoms with Crippen molar-refractivity contribution in [2.75, 3.05) is 22.9 Å². The zero-order valence-corrected chi connectivity index (χ0v) is 31.5. The maximum atomic E-state index is 5.50. The van der Waals surface area contributed by atoms with Gasteiger partial charge in [0.05, 0.1) is 21.1 Å². The van der Waals surface area contributed by atoms with Crippen molar-refractivity contribution in [3.8, 4) is 21.1 Å². The number of fused-ring (bicyclic) bond motifs is 6. The first-order valence-electron chi connectivity index (χ1n) is 18.4. The number of pyridine rings is 1. The number of benzene rings is 4. The Morgan fingerprint density at radius 2 is 0.865 bits per heavy atom. The van der Waals surface area contributed by atoms with Crippen LogP contribution in [0.25, 0.3) is 21.1 Å². The molecule has 0 fully saturated rings. The van der Waals surface area contributed by atoms with E-state index < -0.39 is 0 Å². The highest BCUT2D eigenvalue weighted by Gasteiger charge is 2.23. The minimum atomic E-state index is 0.496. The van der Waals surface area contributed by atoms with Crippen LogP contribution in [0.4, 0.5) is 32.8 Å². The van der Waals surface area contributed by atoms with E-state index in [1.54, 1.807) is 0 Å². The summed E-state index contributed by atoms with van der Waals surface area (Å²) in [5, 5.41) is 2.42. The molecule has 0 aliphatic carbocycles. The molecule has 0 spiro atoms. The predicted octanol–water partition coefficient (Wildman–Crippen LogP) is 13.1. The second-order valence-electron chi connectivity index (χ2n) is 13.6. The van der Waals surface area contributed by atoms with Crippen LogP contribution in [0.15, 0.2) is 152 Å². The number of para-hydroxylation sites is 4. The van der Waals surface area contributed by atoms with Crippen molar-refractivity contribution < 1.29 is 0 Å². The monoisotopic (exact) mass is 716 g/mol. The molecule has 8 rings (SSSR count). The lowest BCUT2D eigenvalue weighted by atomic mass is 10.0. The Hall–Kier alpha value is -5.01. The summed E-state index contributed by atoms with van der Waals surface area (Å²) in [6.45, 7) is 6.84. The first kappa shape index (κ1) is 34.1. The standard InChI is InChI=1S/C46H44N4S2/c1-34(2)48-30-16-18-35-32-43(49(37-20-7-3-8-21-37)38-22-9-4-10-23-38)51-45(35)41-28-15-29-42(47-41)46-36(19-17-31-48)33-44(52-46)50(39-24-11-5-12-25-39)40-26-13-6-14-27-40/h3-15,20-29,32-34H,16-19,30-31H2,1-2H3. The van der Waals surface area contributed by atoms with Crippen LogP contribution in [-0.2, 0) is 12.8 Å². The van der Waals surface area contributed by atoms with Crippen molar-refractivity contribution in [1.29, 1.82) is 0 Å². The molecule has 1 aliphatic heterocycles. The maximum absolute atomic E-state index is 5.50. The lowest BCUT2D eigenvalue weighted by molar-refractivity contribution is 0.217. The molecule has 0 atom stereocenters. The molecule has 4 heterocycles. The topological polar surface area (TPSA) is 22.6 Å². The fourth-order valence-electron chi connectivity index (χ4n) is 7.23. The Bertz CT molecular complexity index is 1960. The molecule has 0 N–H and O–H groups in total. The van der Waals surface area contributed by atoms with Gasteiger partial charge in [-0.1, -0.05) is 78.9 Å². The van der Waals surface area contributed by atoms with E-state index in [9.17, 15) is 0 Å². The summed E-state index contributed by atoms with van der Waals surface area (Å²) in [5.74, 6) is 0. The molecular weight excluding hydrogens is 673 g/mol. The van der Waals surface area contributed by atoms with Gasteiger partial charge in [-0.2, -0.15) is 0 Å². The lowest BCUT2D eigenvalue weighted by Gasteiger charge is -2.26. The quantitative estimate of drug-likeness (QED) is 0.164. The zero-order chi connectivity index (χ0) is 35.3. The molecule has 4 nitrogen and oxygen atoms in total. The van der Waals surface area contributed by atoms with Gasteiger partial charge in [-0.3, -0.25) is 0 Å². The predicted molar refractivity (Wildman–Crippen MR) is 224 cm³/mol. The number of thiophene rings is 2. The van der Waals surface area contributed by atoms with Crippen molar-refractivity contribution >= 4 is 55.4 Å². The normalized spacial score (nSPS) is 13.6. The summed E-state index contributed by atoms with van der Waals surface area (Å²) in [4.78, 5) is 15.5. The molecule has 1 aliphatic rings. The third-order valence-electron chi connectivity index (χ3n) is 9.82. The lowest BCUT2D eigenvalue weighted by Crippen LogP contribution is -2.33. The maximum Gasteiger partial charge on any atom is 0.101 e. The van der Waals surface area contributed by atoms with Crippen LogP contribution in [0.2, 0.25) is 0 Å². The highest BCUT2D eigenvalue weighted by Crippen LogP contribution is 2.47. The van der Waals surface area contributed by atoms with Gasteiger partial charge in [-0.25, -0.2) is 4.98 Å². The molecule has 3 aromatic heterocycles. The average molecular weight is 717 g/mol. The van der Waals surface area contributed by atoms with Gasteiger partial charge in [0.2, 0.25) is 0 Å². The number of nitrogens with zero attached hydrogens (tertiary/aromatic N) is 4. The average Bonchev–Trinajstić information content (AvgIpc) is 3.80. The summed E-state index contributed by atoms with van der Waals surface area (Å²) in [7, 11) is 0. The Morgan fingerprint density at radius 1 is 0.500 bits per heavy atom. The highest BCUT2D eigenvalue weighted by molar-refractivity contribution is 7.20.